The number of hydrogen-bond acceptors (Lipinski definition) is 6. The second-order valence-electron chi connectivity index (χ2n) is 11.6. The minimum atomic E-state index is -3.63. The maximum atomic E-state index is 12.8. The summed E-state index contributed by atoms with van der Waals surface area (Å²) in [5, 5.41) is 9.50. The molecule has 0 amide bonds. The molecule has 0 unspecified atom stereocenters. The van der Waals surface area contributed by atoms with Gasteiger partial charge in [0.05, 0.1) is 23.7 Å². The Morgan fingerprint density at radius 3 is 2.18 bits per heavy atom. The zero-order valence-corrected chi connectivity index (χ0v) is 25.7. The molecule has 6 rings (SSSR count). The van der Waals surface area contributed by atoms with E-state index in [1.165, 1.54) is 19.3 Å². The Morgan fingerprint density at radius 2 is 1.45 bits per heavy atom. The molecular formula is C36H40N2O5S. The number of nitrogens with one attached hydrogen (secondary N) is 1. The maximum absolute atomic E-state index is 12.8. The lowest BCUT2D eigenvalue weighted by Gasteiger charge is -2.39. The van der Waals surface area contributed by atoms with Gasteiger partial charge in [-0.25, -0.2) is 13.1 Å². The van der Waals surface area contributed by atoms with Gasteiger partial charge in [-0.15, -0.1) is 0 Å². The molecular weight excluding hydrogens is 572 g/mol. The average molecular weight is 613 g/mol. The lowest BCUT2D eigenvalue weighted by molar-refractivity contribution is -0.253. The number of aliphatic hydroxyl groups excluding tert-OH is 1. The van der Waals surface area contributed by atoms with Gasteiger partial charge in [0, 0.05) is 25.1 Å². The van der Waals surface area contributed by atoms with Crippen LogP contribution < -0.4 is 4.72 Å². The first-order valence-electron chi connectivity index (χ1n) is 15.4. The van der Waals surface area contributed by atoms with E-state index in [2.05, 4.69) is 9.62 Å². The molecule has 4 aromatic rings. The standard InChI is InChI=1S/C36H40N2O5S/c39-26-27-13-15-29(16-14-27)35-23-32(25-38-21-7-2-8-22-38)42-36(43-35)30-19-17-28(18-20-30)34-12-6-5-9-31(34)24-37-44(40,41)33-10-3-1-4-11-33/h1,3-6,9-20,32,35-37,39H,2,7-8,21-26H2/t32-,35+,36+/m0/s1. The molecule has 2 saturated heterocycles. The van der Waals surface area contributed by atoms with E-state index in [1.54, 1.807) is 30.3 Å². The summed E-state index contributed by atoms with van der Waals surface area (Å²) in [5.41, 5.74) is 5.74. The van der Waals surface area contributed by atoms with Gasteiger partial charge in [0.15, 0.2) is 6.29 Å². The largest absolute Gasteiger partial charge is 0.392 e. The fraction of sp³-hybridized carbons (Fsp3) is 0.333. The smallest absolute Gasteiger partial charge is 0.240 e. The number of aliphatic hydroxyl groups is 1. The highest BCUT2D eigenvalue weighted by molar-refractivity contribution is 7.89. The number of sulfonamides is 1. The Balaban J connectivity index is 1.20. The summed E-state index contributed by atoms with van der Waals surface area (Å²) in [6, 6.07) is 32.4. The number of rotatable bonds is 10. The third kappa shape index (κ3) is 7.46. The summed E-state index contributed by atoms with van der Waals surface area (Å²) in [4.78, 5) is 2.75. The second kappa shape index (κ2) is 14.2. The van der Waals surface area contributed by atoms with Crippen LogP contribution in [0.2, 0.25) is 0 Å². The zero-order valence-electron chi connectivity index (χ0n) is 24.8. The van der Waals surface area contributed by atoms with Crippen molar-refractivity contribution in [3.05, 3.63) is 125 Å². The predicted molar refractivity (Wildman–Crippen MR) is 171 cm³/mol. The highest BCUT2D eigenvalue weighted by atomic mass is 32.2. The Kier molecular flexibility index (Phi) is 9.86. The van der Waals surface area contributed by atoms with E-state index in [0.717, 1.165) is 59.4 Å². The van der Waals surface area contributed by atoms with Crippen LogP contribution in [0.3, 0.4) is 0 Å². The van der Waals surface area contributed by atoms with Crippen LogP contribution in [0.5, 0.6) is 0 Å². The van der Waals surface area contributed by atoms with Gasteiger partial charge < -0.3 is 19.5 Å². The van der Waals surface area contributed by atoms with Gasteiger partial charge in [-0.3, -0.25) is 0 Å². The number of hydrogen-bond donors (Lipinski definition) is 2. The lowest BCUT2D eigenvalue weighted by Crippen LogP contribution is -2.41. The first kappa shape index (κ1) is 30.6. The highest BCUT2D eigenvalue weighted by Crippen LogP contribution is 2.39. The minimum Gasteiger partial charge on any atom is -0.392 e. The molecule has 44 heavy (non-hydrogen) atoms. The van der Waals surface area contributed by atoms with Crippen LogP contribution in [0.4, 0.5) is 0 Å². The van der Waals surface area contributed by atoms with Crippen molar-refractivity contribution < 1.29 is 23.0 Å². The van der Waals surface area contributed by atoms with Gasteiger partial charge in [0.25, 0.3) is 0 Å². The van der Waals surface area contributed by atoms with Crippen LogP contribution in [0.1, 0.15) is 60.3 Å². The molecule has 8 heteroatoms. The fourth-order valence-electron chi connectivity index (χ4n) is 6.09. The summed E-state index contributed by atoms with van der Waals surface area (Å²) >= 11 is 0. The number of piperidine rings is 1. The first-order chi connectivity index (χ1) is 21.5. The number of likely N-dealkylation sites (tertiary alicyclic amines) is 1. The predicted octanol–water partition coefficient (Wildman–Crippen LogP) is 6.36. The number of benzene rings is 4. The molecule has 2 heterocycles. The molecule has 3 atom stereocenters. The van der Waals surface area contributed by atoms with Gasteiger partial charge in [-0.1, -0.05) is 97.4 Å². The molecule has 0 radical (unpaired) electrons. The van der Waals surface area contributed by atoms with Crippen LogP contribution in [0, 0.1) is 0 Å². The van der Waals surface area contributed by atoms with Gasteiger partial charge in [-0.05, 0) is 65.9 Å². The van der Waals surface area contributed by atoms with Crippen LogP contribution in [0.25, 0.3) is 11.1 Å². The van der Waals surface area contributed by atoms with Gasteiger partial charge in [-0.2, -0.15) is 0 Å². The molecule has 0 bridgehead atoms. The van der Waals surface area contributed by atoms with Gasteiger partial charge in [0.1, 0.15) is 0 Å². The molecule has 2 aliphatic heterocycles. The summed E-state index contributed by atoms with van der Waals surface area (Å²) in [6.07, 6.45) is 3.94. The normalized spacial score (nSPS) is 21.2. The minimum absolute atomic E-state index is 0.0174. The fourth-order valence-corrected chi connectivity index (χ4v) is 7.12. The van der Waals surface area contributed by atoms with Crippen LogP contribution in [-0.2, 0) is 32.6 Å². The average Bonchev–Trinajstić information content (AvgIpc) is 3.08. The van der Waals surface area contributed by atoms with E-state index in [0.29, 0.717) is 0 Å². The monoisotopic (exact) mass is 612 g/mol. The summed E-state index contributed by atoms with van der Waals surface area (Å²) in [6.45, 7) is 3.30. The van der Waals surface area contributed by atoms with Crippen molar-refractivity contribution in [2.75, 3.05) is 19.6 Å². The zero-order chi connectivity index (χ0) is 30.4. The molecule has 0 aliphatic carbocycles. The van der Waals surface area contributed by atoms with E-state index in [4.69, 9.17) is 9.47 Å². The number of ether oxygens (including phenoxy) is 2. The molecule has 2 fully saturated rings. The van der Waals surface area contributed by atoms with E-state index in [9.17, 15) is 13.5 Å². The summed E-state index contributed by atoms with van der Waals surface area (Å²) < 4.78 is 41.5. The molecule has 2 N–H and O–H groups in total. The van der Waals surface area contributed by atoms with Crippen molar-refractivity contribution in [3.63, 3.8) is 0 Å². The van der Waals surface area contributed by atoms with E-state index < -0.39 is 16.3 Å². The van der Waals surface area contributed by atoms with Crippen molar-refractivity contribution in [2.45, 2.75) is 62.2 Å². The Hall–Kier alpha value is -3.37. The molecule has 0 spiro atoms. The number of nitrogens with zero attached hydrogens (tertiary/aromatic N) is 1. The molecule has 2 aliphatic rings. The summed E-state index contributed by atoms with van der Waals surface area (Å²) in [5.74, 6) is 0. The topological polar surface area (TPSA) is 88.1 Å². The van der Waals surface area contributed by atoms with Crippen molar-refractivity contribution >= 4 is 10.0 Å². The van der Waals surface area contributed by atoms with Gasteiger partial charge in [0.2, 0.25) is 10.0 Å². The third-order valence-corrected chi connectivity index (χ3v) is 9.96. The Morgan fingerprint density at radius 1 is 0.773 bits per heavy atom. The maximum Gasteiger partial charge on any atom is 0.240 e. The summed E-state index contributed by atoms with van der Waals surface area (Å²) in [7, 11) is -3.63. The molecule has 0 aromatic heterocycles. The Bertz CT molecular complexity index is 1600. The van der Waals surface area contributed by atoms with E-state index in [-0.39, 0.29) is 30.3 Å². The van der Waals surface area contributed by atoms with Crippen LogP contribution >= 0.6 is 0 Å². The second-order valence-corrected chi connectivity index (χ2v) is 13.4. The Labute approximate surface area is 260 Å². The van der Waals surface area contributed by atoms with Crippen LogP contribution in [0.15, 0.2) is 108 Å². The highest BCUT2D eigenvalue weighted by Gasteiger charge is 2.33. The first-order valence-corrected chi connectivity index (χ1v) is 16.9. The molecule has 0 saturated carbocycles. The molecule has 230 valence electrons. The molecule has 7 nitrogen and oxygen atoms in total. The van der Waals surface area contributed by atoms with E-state index >= 15 is 0 Å². The molecule has 4 aromatic carbocycles. The van der Waals surface area contributed by atoms with Crippen molar-refractivity contribution in [1.29, 1.82) is 0 Å². The van der Waals surface area contributed by atoms with Crippen LogP contribution in [-0.4, -0.2) is 44.2 Å². The quantitative estimate of drug-likeness (QED) is 0.217. The lowest BCUT2D eigenvalue weighted by atomic mass is 9.97. The SMILES string of the molecule is O=S(=O)(NCc1ccccc1-c1ccc([C@@H]2O[C@H](CN3CCCCC3)C[C@H](c3ccc(CO)cc3)O2)cc1)c1ccccc1. The van der Waals surface area contributed by atoms with Crippen molar-refractivity contribution in [1.82, 2.24) is 9.62 Å². The van der Waals surface area contributed by atoms with Crippen molar-refractivity contribution in [3.8, 4) is 11.1 Å². The van der Waals surface area contributed by atoms with E-state index in [1.807, 2.05) is 72.8 Å². The van der Waals surface area contributed by atoms with Crippen molar-refractivity contribution in [2.24, 2.45) is 0 Å². The van der Waals surface area contributed by atoms with Gasteiger partial charge >= 0.3 is 0 Å². The third-order valence-electron chi connectivity index (χ3n) is 8.54.